The van der Waals surface area contributed by atoms with Gasteiger partial charge in [0.25, 0.3) is 0 Å². The highest BCUT2D eigenvalue weighted by Crippen LogP contribution is 2.22. The van der Waals surface area contributed by atoms with Crippen LogP contribution in [0.5, 0.6) is 0 Å². The van der Waals surface area contributed by atoms with Crippen LogP contribution in [0.3, 0.4) is 0 Å². The first-order valence-corrected chi connectivity index (χ1v) is 6.67. The van der Waals surface area contributed by atoms with E-state index >= 15 is 0 Å². The lowest BCUT2D eigenvalue weighted by Gasteiger charge is -2.08. The van der Waals surface area contributed by atoms with Crippen LogP contribution in [0, 0.1) is 6.92 Å². The molecular formula is C15H17N5. The largest absolute Gasteiger partial charge is 0.342 e. The van der Waals surface area contributed by atoms with E-state index in [0.717, 1.165) is 33.9 Å². The number of aromatic nitrogens is 4. The summed E-state index contributed by atoms with van der Waals surface area (Å²) >= 11 is 0. The van der Waals surface area contributed by atoms with Gasteiger partial charge in [-0.15, -0.1) is 0 Å². The van der Waals surface area contributed by atoms with Crippen LogP contribution in [0.2, 0.25) is 0 Å². The molecule has 102 valence electrons. The molecule has 0 aliphatic heterocycles. The Labute approximate surface area is 117 Å². The minimum atomic E-state index is 0.160. The third-order valence-corrected chi connectivity index (χ3v) is 3.36. The Morgan fingerprint density at radius 1 is 1.25 bits per heavy atom. The van der Waals surface area contributed by atoms with Gasteiger partial charge in [0, 0.05) is 24.2 Å². The number of H-pyrrole nitrogens is 1. The van der Waals surface area contributed by atoms with Crippen molar-refractivity contribution in [2.75, 3.05) is 6.54 Å². The van der Waals surface area contributed by atoms with Crippen molar-refractivity contribution in [2.45, 2.75) is 19.8 Å². The van der Waals surface area contributed by atoms with Crippen molar-refractivity contribution in [1.29, 1.82) is 0 Å². The number of nitrogens with zero attached hydrogens (tertiary/aromatic N) is 3. The molecule has 0 spiro atoms. The van der Waals surface area contributed by atoms with Crippen LogP contribution in [0.15, 0.2) is 30.5 Å². The number of hydrogen-bond acceptors (Lipinski definition) is 4. The van der Waals surface area contributed by atoms with Crippen LogP contribution in [-0.2, 0) is 0 Å². The van der Waals surface area contributed by atoms with Crippen molar-refractivity contribution in [3.63, 3.8) is 0 Å². The average Bonchev–Trinajstić information content (AvgIpc) is 2.85. The van der Waals surface area contributed by atoms with Crippen LogP contribution >= 0.6 is 0 Å². The van der Waals surface area contributed by atoms with Gasteiger partial charge in [0.2, 0.25) is 0 Å². The number of aromatic amines is 1. The van der Waals surface area contributed by atoms with Gasteiger partial charge in [-0.3, -0.25) is 0 Å². The summed E-state index contributed by atoms with van der Waals surface area (Å²) < 4.78 is 0. The van der Waals surface area contributed by atoms with E-state index in [-0.39, 0.29) is 5.92 Å². The van der Waals surface area contributed by atoms with Crippen molar-refractivity contribution in [3.05, 3.63) is 42.1 Å². The Balaban J connectivity index is 2.05. The monoisotopic (exact) mass is 267 g/mol. The van der Waals surface area contributed by atoms with Crippen LogP contribution in [0.4, 0.5) is 0 Å². The molecule has 20 heavy (non-hydrogen) atoms. The Bertz CT molecular complexity index is 747. The predicted molar refractivity (Wildman–Crippen MR) is 79.3 cm³/mol. The van der Waals surface area contributed by atoms with Crippen molar-refractivity contribution in [3.8, 4) is 11.3 Å². The lowest BCUT2D eigenvalue weighted by atomic mass is 10.1. The van der Waals surface area contributed by atoms with Crippen LogP contribution < -0.4 is 5.73 Å². The molecule has 3 N–H and O–H groups in total. The van der Waals surface area contributed by atoms with Gasteiger partial charge in [-0.05, 0) is 25.1 Å². The fourth-order valence-corrected chi connectivity index (χ4v) is 2.17. The van der Waals surface area contributed by atoms with E-state index in [1.807, 2.05) is 32.0 Å². The lowest BCUT2D eigenvalue weighted by molar-refractivity contribution is 0.713. The first kappa shape index (κ1) is 12.7. The van der Waals surface area contributed by atoms with E-state index in [4.69, 9.17) is 5.73 Å². The Hall–Kier alpha value is -2.27. The highest BCUT2D eigenvalue weighted by atomic mass is 14.9. The SMILES string of the molecule is Cc1nc2ccc(-c3ccnc(C(C)CN)n3)cc2[nH]1. The summed E-state index contributed by atoms with van der Waals surface area (Å²) in [5.74, 6) is 1.86. The fraction of sp³-hybridized carbons (Fsp3) is 0.267. The molecule has 0 fully saturated rings. The molecule has 5 nitrogen and oxygen atoms in total. The van der Waals surface area contributed by atoms with Crippen molar-refractivity contribution >= 4 is 11.0 Å². The molecular weight excluding hydrogens is 250 g/mol. The molecule has 3 aromatic rings. The fourth-order valence-electron chi connectivity index (χ4n) is 2.17. The van der Waals surface area contributed by atoms with E-state index in [1.165, 1.54) is 0 Å². The van der Waals surface area contributed by atoms with Crippen LogP contribution in [-0.4, -0.2) is 26.5 Å². The Kier molecular flexibility index (Phi) is 3.20. The molecule has 0 amide bonds. The van der Waals surface area contributed by atoms with Gasteiger partial charge >= 0.3 is 0 Å². The third kappa shape index (κ3) is 2.28. The van der Waals surface area contributed by atoms with Crippen molar-refractivity contribution in [2.24, 2.45) is 5.73 Å². The first-order valence-electron chi connectivity index (χ1n) is 6.67. The number of fused-ring (bicyclic) bond motifs is 1. The summed E-state index contributed by atoms with van der Waals surface area (Å²) in [6, 6.07) is 8.01. The highest BCUT2D eigenvalue weighted by molar-refractivity contribution is 5.81. The van der Waals surface area contributed by atoms with Crippen LogP contribution in [0.1, 0.15) is 24.5 Å². The quantitative estimate of drug-likeness (QED) is 0.763. The van der Waals surface area contributed by atoms with E-state index < -0.39 is 0 Å². The number of rotatable bonds is 3. The minimum absolute atomic E-state index is 0.160. The number of hydrogen-bond donors (Lipinski definition) is 2. The molecule has 2 heterocycles. The predicted octanol–water partition coefficient (Wildman–Crippen LogP) is 2.39. The maximum absolute atomic E-state index is 5.68. The van der Waals surface area contributed by atoms with Crippen molar-refractivity contribution < 1.29 is 0 Å². The van der Waals surface area contributed by atoms with Gasteiger partial charge in [-0.2, -0.15) is 0 Å². The van der Waals surface area contributed by atoms with Gasteiger partial charge in [0.05, 0.1) is 16.7 Å². The van der Waals surface area contributed by atoms with E-state index in [2.05, 4.69) is 26.0 Å². The molecule has 0 bridgehead atoms. The molecule has 5 heteroatoms. The second-order valence-corrected chi connectivity index (χ2v) is 4.99. The Morgan fingerprint density at radius 3 is 2.90 bits per heavy atom. The number of imidazole rings is 1. The van der Waals surface area contributed by atoms with E-state index in [0.29, 0.717) is 6.54 Å². The molecule has 0 aliphatic rings. The summed E-state index contributed by atoms with van der Waals surface area (Å²) in [4.78, 5) is 16.5. The van der Waals surface area contributed by atoms with Crippen molar-refractivity contribution in [1.82, 2.24) is 19.9 Å². The second kappa shape index (κ2) is 5.02. The number of nitrogens with one attached hydrogen (secondary N) is 1. The minimum Gasteiger partial charge on any atom is -0.342 e. The zero-order chi connectivity index (χ0) is 14.1. The second-order valence-electron chi connectivity index (χ2n) is 4.99. The van der Waals surface area contributed by atoms with Crippen LogP contribution in [0.25, 0.3) is 22.3 Å². The lowest BCUT2D eigenvalue weighted by Crippen LogP contribution is -2.12. The molecule has 2 aromatic heterocycles. The van der Waals surface area contributed by atoms with E-state index in [9.17, 15) is 0 Å². The maximum Gasteiger partial charge on any atom is 0.133 e. The topological polar surface area (TPSA) is 80.5 Å². The zero-order valence-electron chi connectivity index (χ0n) is 11.6. The smallest absolute Gasteiger partial charge is 0.133 e. The molecule has 0 aliphatic carbocycles. The molecule has 0 saturated heterocycles. The van der Waals surface area contributed by atoms with Gasteiger partial charge in [-0.1, -0.05) is 13.0 Å². The summed E-state index contributed by atoms with van der Waals surface area (Å²) in [5, 5.41) is 0. The first-order chi connectivity index (χ1) is 9.67. The van der Waals surface area contributed by atoms with Gasteiger partial charge in [-0.25, -0.2) is 15.0 Å². The summed E-state index contributed by atoms with van der Waals surface area (Å²) in [7, 11) is 0. The van der Waals surface area contributed by atoms with Gasteiger partial charge in [0.15, 0.2) is 0 Å². The standard InChI is InChI=1S/C15H17N5/c1-9(8-16)15-17-6-5-12(20-15)11-3-4-13-14(7-11)19-10(2)18-13/h3-7,9H,8,16H2,1-2H3,(H,18,19). The van der Waals surface area contributed by atoms with Gasteiger partial charge in [0.1, 0.15) is 11.6 Å². The number of nitrogens with two attached hydrogens (primary N) is 1. The third-order valence-electron chi connectivity index (χ3n) is 3.36. The molecule has 1 aromatic carbocycles. The van der Waals surface area contributed by atoms with E-state index in [1.54, 1.807) is 6.20 Å². The maximum atomic E-state index is 5.68. The summed E-state index contributed by atoms with van der Waals surface area (Å²) in [5.41, 5.74) is 9.62. The normalized spacial score (nSPS) is 12.8. The molecule has 1 atom stereocenters. The zero-order valence-corrected chi connectivity index (χ0v) is 11.6. The highest BCUT2D eigenvalue weighted by Gasteiger charge is 2.09. The Morgan fingerprint density at radius 2 is 2.10 bits per heavy atom. The summed E-state index contributed by atoms with van der Waals surface area (Å²) in [6.45, 7) is 4.52. The summed E-state index contributed by atoms with van der Waals surface area (Å²) in [6.07, 6.45) is 1.78. The molecule has 1 unspecified atom stereocenters. The molecule has 0 saturated carbocycles. The molecule has 3 rings (SSSR count). The number of aryl methyl sites for hydroxylation is 1. The number of benzene rings is 1. The average molecular weight is 267 g/mol. The molecule has 0 radical (unpaired) electrons. The van der Waals surface area contributed by atoms with Gasteiger partial charge < -0.3 is 10.7 Å².